The Bertz CT molecular complexity index is 379. The molecule has 0 aliphatic rings. The van der Waals surface area contributed by atoms with Crippen LogP contribution in [0.1, 0.15) is 43.2 Å². The highest BCUT2D eigenvalue weighted by Gasteiger charge is 2.00. The fourth-order valence-electron chi connectivity index (χ4n) is 2.06. The lowest BCUT2D eigenvalue weighted by atomic mass is 10.1. The molecule has 0 atom stereocenters. The molecule has 1 heteroatoms. The standard InChI is InChI=1S/C17H25N/c1-4-6-7-8-9-10-14-18-17-13-11-12-16(5-2)15(17)3/h4-5,11-13,18H,1-2,6-10,14H2,3H3. The van der Waals surface area contributed by atoms with E-state index in [0.717, 1.165) is 13.0 Å². The van der Waals surface area contributed by atoms with Crippen LogP contribution in [0.15, 0.2) is 37.4 Å². The van der Waals surface area contributed by atoms with Gasteiger partial charge in [0.2, 0.25) is 0 Å². The second-order valence-corrected chi connectivity index (χ2v) is 4.64. The van der Waals surface area contributed by atoms with Gasteiger partial charge in [-0.2, -0.15) is 0 Å². The van der Waals surface area contributed by atoms with E-state index in [1.807, 2.05) is 12.2 Å². The SMILES string of the molecule is C=CCCCCCCNc1cccc(C=C)c1C. The van der Waals surface area contributed by atoms with Gasteiger partial charge >= 0.3 is 0 Å². The number of hydrogen-bond acceptors (Lipinski definition) is 1. The zero-order valence-electron chi connectivity index (χ0n) is 11.5. The molecule has 0 spiro atoms. The molecule has 0 bridgehead atoms. The molecule has 18 heavy (non-hydrogen) atoms. The van der Waals surface area contributed by atoms with E-state index in [-0.39, 0.29) is 0 Å². The Morgan fingerprint density at radius 3 is 2.61 bits per heavy atom. The minimum Gasteiger partial charge on any atom is -0.385 e. The second kappa shape index (κ2) is 8.57. The largest absolute Gasteiger partial charge is 0.385 e. The molecular weight excluding hydrogens is 218 g/mol. The minimum absolute atomic E-state index is 1.05. The van der Waals surface area contributed by atoms with Gasteiger partial charge in [-0.05, 0) is 43.4 Å². The van der Waals surface area contributed by atoms with E-state index in [4.69, 9.17) is 0 Å². The van der Waals surface area contributed by atoms with Crippen LogP contribution in [0.3, 0.4) is 0 Å². The number of hydrogen-bond donors (Lipinski definition) is 1. The van der Waals surface area contributed by atoms with Crippen molar-refractivity contribution in [1.29, 1.82) is 0 Å². The molecule has 0 unspecified atom stereocenters. The number of unbranched alkanes of at least 4 members (excludes halogenated alkanes) is 4. The summed E-state index contributed by atoms with van der Waals surface area (Å²) in [5.41, 5.74) is 3.74. The third-order valence-electron chi connectivity index (χ3n) is 3.25. The molecule has 0 heterocycles. The minimum atomic E-state index is 1.05. The molecule has 0 fully saturated rings. The fraction of sp³-hybridized carbons (Fsp3) is 0.412. The number of anilines is 1. The lowest BCUT2D eigenvalue weighted by Gasteiger charge is -2.11. The number of nitrogens with one attached hydrogen (secondary N) is 1. The summed E-state index contributed by atoms with van der Waals surface area (Å²) in [6, 6.07) is 6.32. The van der Waals surface area contributed by atoms with E-state index in [0.29, 0.717) is 0 Å². The molecule has 1 aromatic carbocycles. The predicted molar refractivity (Wildman–Crippen MR) is 83.0 cm³/mol. The van der Waals surface area contributed by atoms with Crippen LogP contribution in [0.2, 0.25) is 0 Å². The van der Waals surface area contributed by atoms with E-state index in [1.54, 1.807) is 0 Å². The summed E-state index contributed by atoms with van der Waals surface area (Å²) in [7, 11) is 0. The molecule has 0 saturated carbocycles. The zero-order chi connectivity index (χ0) is 13.2. The Morgan fingerprint density at radius 2 is 1.89 bits per heavy atom. The summed E-state index contributed by atoms with van der Waals surface area (Å²) in [4.78, 5) is 0. The van der Waals surface area contributed by atoms with Gasteiger partial charge in [0.1, 0.15) is 0 Å². The van der Waals surface area contributed by atoms with Crippen LogP contribution in [0.25, 0.3) is 6.08 Å². The molecule has 0 aromatic heterocycles. The average Bonchev–Trinajstić information content (AvgIpc) is 2.39. The van der Waals surface area contributed by atoms with Crippen LogP contribution < -0.4 is 5.32 Å². The molecule has 0 aliphatic heterocycles. The van der Waals surface area contributed by atoms with Crippen LogP contribution in [0.4, 0.5) is 5.69 Å². The lowest BCUT2D eigenvalue weighted by Crippen LogP contribution is -2.03. The average molecular weight is 243 g/mol. The summed E-state index contributed by atoms with van der Waals surface area (Å²) in [6.07, 6.45) is 10.2. The smallest absolute Gasteiger partial charge is 0.0375 e. The highest BCUT2D eigenvalue weighted by molar-refractivity contribution is 5.63. The van der Waals surface area contributed by atoms with Crippen molar-refractivity contribution in [3.8, 4) is 0 Å². The maximum atomic E-state index is 3.84. The Hall–Kier alpha value is -1.50. The van der Waals surface area contributed by atoms with E-state index in [1.165, 1.54) is 42.5 Å². The fourth-order valence-corrected chi connectivity index (χ4v) is 2.06. The molecule has 0 amide bonds. The molecule has 1 rings (SSSR count). The van der Waals surface area contributed by atoms with E-state index >= 15 is 0 Å². The Morgan fingerprint density at radius 1 is 1.11 bits per heavy atom. The number of rotatable bonds is 9. The molecule has 1 nitrogen and oxygen atoms in total. The van der Waals surface area contributed by atoms with Gasteiger partial charge in [0.05, 0.1) is 0 Å². The maximum absolute atomic E-state index is 3.84. The summed E-state index contributed by atoms with van der Waals surface area (Å²) < 4.78 is 0. The number of benzene rings is 1. The quantitative estimate of drug-likeness (QED) is 0.465. The summed E-state index contributed by atoms with van der Waals surface area (Å²) in [5.74, 6) is 0. The maximum Gasteiger partial charge on any atom is 0.0375 e. The first-order valence-electron chi connectivity index (χ1n) is 6.86. The Balaban J connectivity index is 2.27. The third-order valence-corrected chi connectivity index (χ3v) is 3.25. The zero-order valence-corrected chi connectivity index (χ0v) is 11.5. The molecular formula is C17H25N. The van der Waals surface area contributed by atoms with Crippen molar-refractivity contribution in [2.75, 3.05) is 11.9 Å². The normalized spacial score (nSPS) is 10.1. The van der Waals surface area contributed by atoms with Gasteiger partial charge in [-0.1, -0.05) is 43.7 Å². The van der Waals surface area contributed by atoms with Gasteiger partial charge in [-0.25, -0.2) is 0 Å². The van der Waals surface area contributed by atoms with Crippen molar-refractivity contribution in [3.05, 3.63) is 48.6 Å². The first-order chi connectivity index (χ1) is 8.79. The van der Waals surface area contributed by atoms with Crippen LogP contribution in [-0.2, 0) is 0 Å². The summed E-state index contributed by atoms with van der Waals surface area (Å²) >= 11 is 0. The second-order valence-electron chi connectivity index (χ2n) is 4.64. The lowest BCUT2D eigenvalue weighted by molar-refractivity contribution is 0.661. The van der Waals surface area contributed by atoms with Crippen LogP contribution in [0.5, 0.6) is 0 Å². The van der Waals surface area contributed by atoms with Crippen molar-refractivity contribution < 1.29 is 0 Å². The van der Waals surface area contributed by atoms with Crippen molar-refractivity contribution in [3.63, 3.8) is 0 Å². The van der Waals surface area contributed by atoms with E-state index in [2.05, 4.69) is 43.6 Å². The van der Waals surface area contributed by atoms with Gasteiger partial charge in [0.15, 0.2) is 0 Å². The van der Waals surface area contributed by atoms with Crippen molar-refractivity contribution in [2.24, 2.45) is 0 Å². The van der Waals surface area contributed by atoms with Gasteiger partial charge in [-0.3, -0.25) is 0 Å². The molecule has 1 N–H and O–H groups in total. The first-order valence-corrected chi connectivity index (χ1v) is 6.86. The van der Waals surface area contributed by atoms with Crippen molar-refractivity contribution in [1.82, 2.24) is 0 Å². The first kappa shape index (κ1) is 14.6. The van der Waals surface area contributed by atoms with Gasteiger partial charge in [0, 0.05) is 12.2 Å². The molecule has 98 valence electrons. The van der Waals surface area contributed by atoms with Gasteiger partial charge in [-0.15, -0.1) is 6.58 Å². The predicted octanol–water partition coefficient (Wildman–Crippen LogP) is 5.19. The van der Waals surface area contributed by atoms with Gasteiger partial charge < -0.3 is 5.32 Å². The van der Waals surface area contributed by atoms with E-state index < -0.39 is 0 Å². The van der Waals surface area contributed by atoms with Crippen LogP contribution in [0, 0.1) is 6.92 Å². The molecule has 0 aliphatic carbocycles. The van der Waals surface area contributed by atoms with Gasteiger partial charge in [0.25, 0.3) is 0 Å². The van der Waals surface area contributed by atoms with Crippen LogP contribution >= 0.6 is 0 Å². The van der Waals surface area contributed by atoms with Crippen molar-refractivity contribution in [2.45, 2.75) is 39.0 Å². The third kappa shape index (κ3) is 4.79. The summed E-state index contributed by atoms with van der Waals surface area (Å²) in [6.45, 7) is 10.8. The highest BCUT2D eigenvalue weighted by atomic mass is 14.9. The van der Waals surface area contributed by atoms with Crippen molar-refractivity contribution >= 4 is 11.8 Å². The Labute approximate surface area is 112 Å². The van der Waals surface area contributed by atoms with E-state index in [9.17, 15) is 0 Å². The Kier molecular flexibility index (Phi) is 6.93. The topological polar surface area (TPSA) is 12.0 Å². The molecule has 0 saturated heterocycles. The summed E-state index contributed by atoms with van der Waals surface area (Å²) in [5, 5.41) is 3.51. The molecule has 0 radical (unpaired) electrons. The number of allylic oxidation sites excluding steroid dienone is 1. The highest BCUT2D eigenvalue weighted by Crippen LogP contribution is 2.19. The monoisotopic (exact) mass is 243 g/mol. The van der Waals surface area contributed by atoms with Crippen LogP contribution in [-0.4, -0.2) is 6.54 Å². The molecule has 1 aromatic rings.